The van der Waals surface area contributed by atoms with Crippen LogP contribution in [0.15, 0.2) is 24.4 Å². The summed E-state index contributed by atoms with van der Waals surface area (Å²) in [5.74, 6) is -1.21. The Morgan fingerprint density at radius 3 is 2.80 bits per heavy atom. The number of benzene rings is 1. The molecule has 1 atom stereocenters. The van der Waals surface area contributed by atoms with Gasteiger partial charge in [0.05, 0.1) is 6.20 Å². The van der Waals surface area contributed by atoms with Gasteiger partial charge in [-0.25, -0.2) is 13.5 Å². The van der Waals surface area contributed by atoms with Gasteiger partial charge >= 0.3 is 0 Å². The number of fused-ring (bicyclic) bond motifs is 1. The van der Waals surface area contributed by atoms with E-state index < -0.39 is 11.6 Å². The number of hydrogen-bond donors (Lipinski definition) is 1. The largest absolute Gasteiger partial charge is 0.324 e. The molecule has 1 heterocycles. The van der Waals surface area contributed by atoms with E-state index in [2.05, 4.69) is 18.9 Å². The van der Waals surface area contributed by atoms with Gasteiger partial charge in [0.25, 0.3) is 0 Å². The fraction of sp³-hybridized carbons (Fsp3) is 0.400. The van der Waals surface area contributed by atoms with E-state index in [1.165, 1.54) is 12.1 Å². The van der Waals surface area contributed by atoms with Crippen molar-refractivity contribution in [3.63, 3.8) is 0 Å². The molecule has 3 nitrogen and oxygen atoms in total. The van der Waals surface area contributed by atoms with Gasteiger partial charge in [-0.2, -0.15) is 5.10 Å². The fourth-order valence-corrected chi connectivity index (χ4v) is 2.96. The molecule has 0 radical (unpaired) electrons. The molecule has 2 aromatic rings. The van der Waals surface area contributed by atoms with E-state index in [1.807, 2.05) is 0 Å². The van der Waals surface area contributed by atoms with E-state index in [0.29, 0.717) is 0 Å². The normalized spacial score (nSPS) is 20.8. The predicted molar refractivity (Wildman–Crippen MR) is 72.5 cm³/mol. The molecule has 5 heteroatoms. The molecule has 0 saturated carbocycles. The lowest BCUT2D eigenvalue weighted by Crippen LogP contribution is -2.30. The summed E-state index contributed by atoms with van der Waals surface area (Å²) in [6, 6.07) is 3.42. The van der Waals surface area contributed by atoms with Crippen LogP contribution < -0.4 is 5.73 Å². The lowest BCUT2D eigenvalue weighted by molar-refractivity contribution is 0.277. The highest BCUT2D eigenvalue weighted by Gasteiger charge is 2.33. The van der Waals surface area contributed by atoms with Crippen molar-refractivity contribution in [3.05, 3.63) is 47.3 Å². The van der Waals surface area contributed by atoms with Crippen molar-refractivity contribution >= 4 is 0 Å². The Morgan fingerprint density at radius 2 is 2.10 bits per heavy atom. The topological polar surface area (TPSA) is 43.8 Å². The second kappa shape index (κ2) is 4.38. The summed E-state index contributed by atoms with van der Waals surface area (Å²) in [7, 11) is 0. The second-order valence-electron chi connectivity index (χ2n) is 6.21. The van der Waals surface area contributed by atoms with Crippen LogP contribution in [0.5, 0.6) is 0 Å². The van der Waals surface area contributed by atoms with Crippen molar-refractivity contribution in [3.8, 4) is 5.69 Å². The van der Waals surface area contributed by atoms with Crippen molar-refractivity contribution in [2.45, 2.75) is 32.7 Å². The van der Waals surface area contributed by atoms with E-state index in [1.54, 1.807) is 10.9 Å². The third kappa shape index (κ3) is 2.12. The Labute approximate surface area is 116 Å². The highest BCUT2D eigenvalue weighted by molar-refractivity contribution is 5.39. The first-order valence-corrected chi connectivity index (χ1v) is 6.65. The zero-order valence-electron chi connectivity index (χ0n) is 11.5. The third-order valence-electron chi connectivity index (χ3n) is 3.86. The number of aromatic nitrogens is 2. The molecule has 2 N–H and O–H groups in total. The van der Waals surface area contributed by atoms with Gasteiger partial charge in [-0.05, 0) is 30.4 Å². The first kappa shape index (κ1) is 13.2. The van der Waals surface area contributed by atoms with Crippen LogP contribution in [-0.4, -0.2) is 9.78 Å². The Bertz CT molecular complexity index is 661. The van der Waals surface area contributed by atoms with Crippen molar-refractivity contribution in [1.82, 2.24) is 9.78 Å². The SMILES string of the molecule is CC1(C)Cc2c(cnn2-c2ccc(F)cc2F)C(N)C1. The van der Waals surface area contributed by atoms with Crippen molar-refractivity contribution < 1.29 is 8.78 Å². The van der Waals surface area contributed by atoms with E-state index in [9.17, 15) is 8.78 Å². The Kier molecular flexibility index (Phi) is 2.90. The summed E-state index contributed by atoms with van der Waals surface area (Å²) in [6.07, 6.45) is 3.34. The Hall–Kier alpha value is -1.75. The molecule has 1 aromatic heterocycles. The minimum absolute atomic E-state index is 0.0424. The van der Waals surface area contributed by atoms with Gasteiger partial charge < -0.3 is 5.73 Å². The number of rotatable bonds is 1. The van der Waals surface area contributed by atoms with Gasteiger partial charge in [0, 0.05) is 23.4 Å². The number of nitrogens with zero attached hydrogens (tertiary/aromatic N) is 2. The molecule has 1 aliphatic carbocycles. The van der Waals surface area contributed by atoms with E-state index in [-0.39, 0.29) is 17.1 Å². The van der Waals surface area contributed by atoms with E-state index in [4.69, 9.17) is 5.73 Å². The van der Waals surface area contributed by atoms with Crippen LogP contribution in [0.25, 0.3) is 5.69 Å². The lowest BCUT2D eigenvalue weighted by Gasteiger charge is -2.33. The molecule has 106 valence electrons. The van der Waals surface area contributed by atoms with Crippen LogP contribution in [0.4, 0.5) is 8.78 Å². The first-order chi connectivity index (χ1) is 9.37. The molecule has 1 aromatic carbocycles. The zero-order valence-corrected chi connectivity index (χ0v) is 11.5. The average Bonchev–Trinajstić information content (AvgIpc) is 2.71. The first-order valence-electron chi connectivity index (χ1n) is 6.65. The standard InChI is InChI=1S/C15H17F2N3/c1-15(2)6-12(18)10-8-19-20(14(10)7-15)13-4-3-9(16)5-11(13)17/h3-5,8,12H,6-7,18H2,1-2H3. The van der Waals surface area contributed by atoms with Crippen molar-refractivity contribution in [1.29, 1.82) is 0 Å². The molecule has 0 bridgehead atoms. The smallest absolute Gasteiger partial charge is 0.151 e. The summed E-state index contributed by atoms with van der Waals surface area (Å²) in [4.78, 5) is 0. The predicted octanol–water partition coefficient (Wildman–Crippen LogP) is 3.12. The molecule has 0 saturated heterocycles. The molecule has 0 aliphatic heterocycles. The molecule has 3 rings (SSSR count). The van der Waals surface area contributed by atoms with Crippen LogP contribution in [0.1, 0.15) is 37.6 Å². The minimum atomic E-state index is -0.618. The summed E-state index contributed by atoms with van der Waals surface area (Å²) in [5.41, 5.74) is 8.34. The van der Waals surface area contributed by atoms with Gasteiger partial charge in [0.15, 0.2) is 5.82 Å². The van der Waals surface area contributed by atoms with E-state index >= 15 is 0 Å². The lowest BCUT2D eigenvalue weighted by atomic mass is 9.74. The highest BCUT2D eigenvalue weighted by Crippen LogP contribution is 2.40. The van der Waals surface area contributed by atoms with Crippen LogP contribution in [-0.2, 0) is 6.42 Å². The zero-order chi connectivity index (χ0) is 14.5. The van der Waals surface area contributed by atoms with Crippen molar-refractivity contribution in [2.75, 3.05) is 0 Å². The quantitative estimate of drug-likeness (QED) is 0.870. The van der Waals surface area contributed by atoms with Gasteiger partial charge in [-0.1, -0.05) is 13.8 Å². The summed E-state index contributed by atoms with van der Waals surface area (Å²) < 4.78 is 28.5. The van der Waals surface area contributed by atoms with Gasteiger partial charge in [0.2, 0.25) is 0 Å². The average molecular weight is 277 g/mol. The highest BCUT2D eigenvalue weighted by atomic mass is 19.1. The molecule has 0 fully saturated rings. The molecular weight excluding hydrogens is 260 g/mol. The summed E-state index contributed by atoms with van der Waals surface area (Å²) >= 11 is 0. The monoisotopic (exact) mass is 277 g/mol. The molecule has 0 spiro atoms. The maximum absolute atomic E-state index is 13.9. The summed E-state index contributed by atoms with van der Waals surface area (Å²) in [5, 5.41) is 4.25. The third-order valence-corrected chi connectivity index (χ3v) is 3.86. The number of nitrogens with two attached hydrogens (primary N) is 1. The van der Waals surface area contributed by atoms with Gasteiger partial charge in [-0.3, -0.25) is 0 Å². The molecule has 0 amide bonds. The molecule has 1 aliphatic rings. The van der Waals surface area contributed by atoms with Crippen LogP contribution >= 0.6 is 0 Å². The molecule has 1 unspecified atom stereocenters. The maximum atomic E-state index is 13.9. The van der Waals surface area contributed by atoms with Gasteiger partial charge in [-0.15, -0.1) is 0 Å². The molecular formula is C15H17F2N3. The fourth-order valence-electron chi connectivity index (χ4n) is 2.96. The van der Waals surface area contributed by atoms with Crippen LogP contribution in [0.3, 0.4) is 0 Å². The Morgan fingerprint density at radius 1 is 1.35 bits per heavy atom. The Balaban J connectivity index is 2.13. The van der Waals surface area contributed by atoms with E-state index in [0.717, 1.165) is 30.2 Å². The minimum Gasteiger partial charge on any atom is -0.324 e. The van der Waals surface area contributed by atoms with Crippen LogP contribution in [0.2, 0.25) is 0 Å². The maximum Gasteiger partial charge on any atom is 0.151 e. The number of hydrogen-bond acceptors (Lipinski definition) is 2. The molecule has 20 heavy (non-hydrogen) atoms. The van der Waals surface area contributed by atoms with Crippen molar-refractivity contribution in [2.24, 2.45) is 11.1 Å². The summed E-state index contributed by atoms with van der Waals surface area (Å²) in [6.45, 7) is 4.27. The van der Waals surface area contributed by atoms with Gasteiger partial charge in [0.1, 0.15) is 11.5 Å². The van der Waals surface area contributed by atoms with Crippen LogP contribution in [0, 0.1) is 17.0 Å². The second-order valence-corrected chi connectivity index (χ2v) is 6.21. The number of halogens is 2.